The van der Waals surface area contributed by atoms with Crippen molar-refractivity contribution in [2.45, 2.75) is 303 Å². The summed E-state index contributed by atoms with van der Waals surface area (Å²) in [5.41, 5.74) is 0.344. The van der Waals surface area contributed by atoms with E-state index in [9.17, 15) is 24.3 Å². The molecule has 0 aliphatic rings. The Morgan fingerprint density at radius 1 is 0.566 bits per heavy atom. The van der Waals surface area contributed by atoms with Crippen molar-refractivity contribution in [1.29, 1.82) is 0 Å². The van der Waals surface area contributed by atoms with Crippen LogP contribution in [0.25, 0.3) is 0 Å². The van der Waals surface area contributed by atoms with Crippen LogP contribution in [-0.2, 0) is 33.3 Å². The van der Waals surface area contributed by atoms with Gasteiger partial charge in [-0.1, -0.05) is 208 Å². The predicted molar refractivity (Wildman–Crippen MR) is 312 cm³/mol. The molecule has 1 rings (SSSR count). The summed E-state index contributed by atoms with van der Waals surface area (Å²) in [6.45, 7) is 15.9. The molecule has 0 bridgehead atoms. The Morgan fingerprint density at radius 2 is 1.12 bits per heavy atom. The number of nitrogens with zero attached hydrogens (tertiary/aromatic N) is 1. The quantitative estimate of drug-likeness (QED) is 0.0277. The fourth-order valence-corrected chi connectivity index (χ4v) is 10.5. The van der Waals surface area contributed by atoms with Crippen molar-refractivity contribution in [2.24, 2.45) is 17.8 Å². The van der Waals surface area contributed by atoms with Gasteiger partial charge >= 0.3 is 11.9 Å². The third kappa shape index (κ3) is 38.7. The average molecular weight is 1080 g/mol. The number of aromatic nitrogens is 2. The number of amides is 1. The van der Waals surface area contributed by atoms with E-state index < -0.39 is 12.0 Å². The first kappa shape index (κ1) is 71.1. The van der Waals surface area contributed by atoms with Crippen LogP contribution >= 0.6 is 0 Å². The van der Waals surface area contributed by atoms with Gasteiger partial charge in [0.25, 0.3) is 5.91 Å². The Labute approximate surface area is 465 Å². The number of hydrogen-bond donors (Lipinski definition) is 4. The van der Waals surface area contributed by atoms with Crippen LogP contribution in [0.1, 0.15) is 290 Å². The zero-order valence-electron chi connectivity index (χ0n) is 49.8. The number of nitrogens with one attached hydrogen (secondary N) is 3. The van der Waals surface area contributed by atoms with E-state index in [1.54, 1.807) is 6.20 Å². The summed E-state index contributed by atoms with van der Waals surface area (Å²) in [5.74, 6) is -0.800. The highest BCUT2D eigenvalue weighted by Gasteiger charge is 2.28. The normalized spacial score (nSPS) is 14.4. The van der Waals surface area contributed by atoms with Crippen LogP contribution in [0.15, 0.2) is 12.5 Å². The molecule has 0 aliphatic heterocycles. The molecule has 0 aromatic carbocycles. The van der Waals surface area contributed by atoms with Gasteiger partial charge in [0.1, 0.15) is 12.0 Å². The molecule has 13 heteroatoms. The first-order valence-corrected chi connectivity index (χ1v) is 31.9. The fourth-order valence-electron chi connectivity index (χ4n) is 10.5. The van der Waals surface area contributed by atoms with Crippen LogP contribution in [0, 0.1) is 17.8 Å². The lowest BCUT2D eigenvalue weighted by Gasteiger charge is -2.32. The topological polar surface area (TPSA) is 178 Å². The molecule has 7 unspecified atom stereocenters. The van der Waals surface area contributed by atoms with Crippen molar-refractivity contribution < 1.29 is 43.2 Å². The van der Waals surface area contributed by atoms with E-state index in [0.717, 1.165) is 167 Å². The van der Waals surface area contributed by atoms with E-state index in [2.05, 4.69) is 62.1 Å². The van der Waals surface area contributed by atoms with Crippen molar-refractivity contribution in [1.82, 2.24) is 20.6 Å². The summed E-state index contributed by atoms with van der Waals surface area (Å²) in [7, 11) is 0. The number of H-pyrrole nitrogens is 1. The molecule has 444 valence electrons. The summed E-state index contributed by atoms with van der Waals surface area (Å²) in [6.07, 6.45) is 42.3. The van der Waals surface area contributed by atoms with Crippen molar-refractivity contribution in [3.63, 3.8) is 0 Å². The Hall–Kier alpha value is -2.87. The molecule has 1 heterocycles. The summed E-state index contributed by atoms with van der Waals surface area (Å²) >= 11 is 0. The van der Waals surface area contributed by atoms with Crippen molar-refractivity contribution in [3.05, 3.63) is 18.2 Å². The zero-order chi connectivity index (χ0) is 55.5. The van der Waals surface area contributed by atoms with Crippen molar-refractivity contribution >= 4 is 24.1 Å². The molecule has 0 saturated carbocycles. The van der Waals surface area contributed by atoms with E-state index in [-0.39, 0.29) is 48.6 Å². The summed E-state index contributed by atoms with van der Waals surface area (Å²) in [5, 5.41) is 16.6. The minimum Gasteiger partial charge on any atom is -0.481 e. The number of aromatic amines is 1. The largest absolute Gasteiger partial charge is 0.481 e. The van der Waals surface area contributed by atoms with Gasteiger partial charge in [0.15, 0.2) is 0 Å². The molecule has 76 heavy (non-hydrogen) atoms. The second kappa shape index (κ2) is 51.6. The number of carbonyl (C=O) groups is 4. The van der Waals surface area contributed by atoms with E-state index in [4.69, 9.17) is 18.9 Å². The minimum atomic E-state index is -0.667. The highest BCUT2D eigenvalue weighted by molar-refractivity contribution is 5.91. The van der Waals surface area contributed by atoms with Gasteiger partial charge in [-0.15, -0.1) is 0 Å². The maximum atomic E-state index is 13.3. The number of aliphatic carboxylic acids is 1. The average Bonchev–Trinajstić information content (AvgIpc) is 3.97. The number of carboxylic acids is 1. The van der Waals surface area contributed by atoms with Gasteiger partial charge < -0.3 is 44.5 Å². The summed E-state index contributed by atoms with van der Waals surface area (Å²) in [6, 6.07) is -0.419. The molecule has 1 aromatic heterocycles. The van der Waals surface area contributed by atoms with Gasteiger partial charge in [-0.2, -0.15) is 0 Å². The van der Waals surface area contributed by atoms with Gasteiger partial charge in [-0.25, -0.2) is 4.98 Å². The number of hydrogen-bond acceptors (Lipinski definition) is 10. The molecule has 13 nitrogen and oxygen atoms in total. The molecule has 1 aromatic rings. The molecular weight excluding hydrogens is 957 g/mol. The standard InChI is InChI=1S/C63H118N4O9/c1-7-13-18-22-24-29-39-55(38-28-21-16-10-4)63(72)75-45-32-26-25-31-44-74-60(48-53(35-17-11-5)36-33-40-54(62(70)71)37-27-20-15-9-3)59(34-12-6)76-51-57(50-68)67-56(41-30-23-19-14-8-2)42-46-73-47-43-65-61(69)58-49-64-52-66-58/h49-50,52-57,59-60,67H,7-48,51H2,1-6H3,(H,64,66)(H,65,69)(H,70,71). The first-order valence-electron chi connectivity index (χ1n) is 31.9. The molecule has 0 fully saturated rings. The molecule has 0 saturated heterocycles. The number of imidazole rings is 1. The molecular formula is C63H118N4O9. The van der Waals surface area contributed by atoms with Crippen molar-refractivity contribution in [3.8, 4) is 0 Å². The van der Waals surface area contributed by atoms with E-state index in [1.165, 1.54) is 77.0 Å². The van der Waals surface area contributed by atoms with Gasteiger partial charge in [-0.05, 0) is 76.5 Å². The fraction of sp³-hybridized carbons (Fsp3) is 0.889. The van der Waals surface area contributed by atoms with Crippen LogP contribution in [0.2, 0.25) is 0 Å². The first-order chi connectivity index (χ1) is 37.2. The summed E-state index contributed by atoms with van der Waals surface area (Å²) in [4.78, 5) is 57.5. The van der Waals surface area contributed by atoms with Gasteiger partial charge in [0, 0.05) is 32.0 Å². The third-order valence-electron chi connectivity index (χ3n) is 15.3. The second-order valence-electron chi connectivity index (χ2n) is 22.2. The number of rotatable bonds is 58. The number of ether oxygens (including phenoxy) is 4. The lowest BCUT2D eigenvalue weighted by Crippen LogP contribution is -2.45. The molecule has 0 aliphatic carbocycles. The molecule has 0 radical (unpaired) electrons. The molecule has 4 N–H and O–H groups in total. The highest BCUT2D eigenvalue weighted by Crippen LogP contribution is 2.29. The van der Waals surface area contributed by atoms with E-state index in [1.807, 2.05) is 0 Å². The maximum Gasteiger partial charge on any atom is 0.308 e. The lowest BCUT2D eigenvalue weighted by molar-refractivity contribution is -0.149. The van der Waals surface area contributed by atoms with Crippen molar-refractivity contribution in [2.75, 3.05) is 39.6 Å². The lowest BCUT2D eigenvalue weighted by atomic mass is 9.86. The second-order valence-corrected chi connectivity index (χ2v) is 22.2. The van der Waals surface area contributed by atoms with Gasteiger partial charge in [0.05, 0.1) is 56.2 Å². The van der Waals surface area contributed by atoms with Crippen LogP contribution in [-0.4, -0.2) is 103 Å². The maximum absolute atomic E-state index is 13.3. The van der Waals surface area contributed by atoms with Crippen LogP contribution in [0.3, 0.4) is 0 Å². The number of carbonyl (C=O) groups excluding carboxylic acids is 3. The Bertz CT molecular complexity index is 1470. The number of esters is 1. The number of aldehydes is 1. The zero-order valence-corrected chi connectivity index (χ0v) is 49.8. The number of carboxylic acid groups (broad SMARTS) is 1. The molecule has 7 atom stereocenters. The van der Waals surface area contributed by atoms with Crippen LogP contribution < -0.4 is 10.6 Å². The van der Waals surface area contributed by atoms with Gasteiger partial charge in [0.2, 0.25) is 0 Å². The van der Waals surface area contributed by atoms with E-state index in [0.29, 0.717) is 51.0 Å². The number of unbranched alkanes of at least 4 members (excludes halogenated alkanes) is 19. The Balaban J connectivity index is 3.05. The third-order valence-corrected chi connectivity index (χ3v) is 15.3. The van der Waals surface area contributed by atoms with E-state index >= 15 is 0 Å². The Morgan fingerprint density at radius 3 is 1.71 bits per heavy atom. The Kier molecular flexibility index (Phi) is 48.3. The highest BCUT2D eigenvalue weighted by atomic mass is 16.5. The molecule has 1 amide bonds. The van der Waals surface area contributed by atoms with Crippen LogP contribution in [0.5, 0.6) is 0 Å². The minimum absolute atomic E-state index is 0.00126. The predicted octanol–water partition coefficient (Wildman–Crippen LogP) is 15.5. The SMILES string of the molecule is CCCCCCCCC(CCCCCC)C(=O)OCCCCCCOC(CC(CCCC)CCCC(CCCCCC)C(=O)O)C(CCC)OCC(C=O)NC(CCCCCCC)CCOCCNC(=O)c1c[nH]cn1. The van der Waals surface area contributed by atoms with Gasteiger partial charge in [-0.3, -0.25) is 14.4 Å². The summed E-state index contributed by atoms with van der Waals surface area (Å²) < 4.78 is 25.6. The van der Waals surface area contributed by atoms with Crippen LogP contribution in [0.4, 0.5) is 0 Å². The smallest absolute Gasteiger partial charge is 0.308 e. The monoisotopic (exact) mass is 1070 g/mol. The molecule has 0 spiro atoms.